The van der Waals surface area contributed by atoms with Crippen LogP contribution < -0.4 is 4.90 Å². The molecule has 1 aromatic rings. The number of amides is 1. The number of nitrogens with zero attached hydrogens (tertiary/aromatic N) is 5. The second kappa shape index (κ2) is 8.81. The fraction of sp³-hybridized carbons (Fsp3) is 0.684. The lowest BCUT2D eigenvalue weighted by atomic mass is 10.0. The van der Waals surface area contributed by atoms with Crippen molar-refractivity contribution in [2.75, 3.05) is 44.2 Å². The molecule has 0 spiro atoms. The van der Waals surface area contributed by atoms with Crippen molar-refractivity contribution < 1.29 is 24.2 Å². The molecular weight excluding hydrogens is 378 g/mol. The number of rotatable bonds is 5. The van der Waals surface area contributed by atoms with Crippen molar-refractivity contribution in [3.8, 4) is 0 Å². The predicted octanol–water partition coefficient (Wildman–Crippen LogP) is 1.43. The molecule has 1 N–H and O–H groups in total. The molecule has 3 aliphatic heterocycles. The van der Waals surface area contributed by atoms with E-state index in [1.807, 2.05) is 11.0 Å². The SMILES string of the molecule is O=C(O)OC1CCN(CC2CN(C3CCN(c4ccnnc4)CC3)C(=O)O2)CC1. The molecule has 1 aromatic heterocycles. The Morgan fingerprint density at radius 1 is 1.17 bits per heavy atom. The maximum atomic E-state index is 12.4. The van der Waals surface area contributed by atoms with Gasteiger partial charge in [0.2, 0.25) is 0 Å². The Morgan fingerprint density at radius 2 is 1.93 bits per heavy atom. The summed E-state index contributed by atoms with van der Waals surface area (Å²) in [6.45, 7) is 4.56. The molecule has 3 aliphatic rings. The number of ether oxygens (including phenoxy) is 2. The van der Waals surface area contributed by atoms with Crippen molar-refractivity contribution in [1.29, 1.82) is 0 Å². The van der Waals surface area contributed by atoms with Crippen LogP contribution in [0.2, 0.25) is 0 Å². The first kappa shape index (κ1) is 19.7. The quantitative estimate of drug-likeness (QED) is 0.728. The van der Waals surface area contributed by atoms with Crippen molar-refractivity contribution >= 4 is 17.9 Å². The van der Waals surface area contributed by atoms with Crippen LogP contribution in [0.1, 0.15) is 25.7 Å². The fourth-order valence-electron chi connectivity index (χ4n) is 4.48. The number of carbonyl (C=O) groups excluding carboxylic acids is 1. The number of hydrogen-bond donors (Lipinski definition) is 1. The highest BCUT2D eigenvalue weighted by Gasteiger charge is 2.38. The van der Waals surface area contributed by atoms with Gasteiger partial charge in [-0.05, 0) is 31.7 Å². The molecule has 1 unspecified atom stereocenters. The summed E-state index contributed by atoms with van der Waals surface area (Å²) in [5.41, 5.74) is 1.07. The molecule has 29 heavy (non-hydrogen) atoms. The second-order valence-corrected chi connectivity index (χ2v) is 7.86. The van der Waals surface area contributed by atoms with Gasteiger partial charge in [-0.1, -0.05) is 0 Å². The van der Waals surface area contributed by atoms with Gasteiger partial charge < -0.3 is 24.4 Å². The Labute approximate surface area is 169 Å². The third-order valence-corrected chi connectivity index (χ3v) is 6.01. The van der Waals surface area contributed by atoms with Gasteiger partial charge in [-0.15, -0.1) is 0 Å². The molecule has 1 atom stereocenters. The lowest BCUT2D eigenvalue weighted by Gasteiger charge is -2.36. The zero-order valence-electron chi connectivity index (χ0n) is 16.4. The number of piperidine rings is 2. The Kier molecular flexibility index (Phi) is 5.98. The molecule has 0 radical (unpaired) electrons. The Bertz CT molecular complexity index is 704. The standard InChI is InChI=1S/C19H27N5O5/c25-18-24(14-2-9-23(10-3-14)15-1-6-20-21-11-15)13-17(28-18)12-22-7-4-16(5-8-22)29-19(26)27/h1,6,11,14,16-17H,2-5,7-10,12-13H2,(H,26,27). The predicted molar refractivity (Wildman–Crippen MR) is 103 cm³/mol. The van der Waals surface area contributed by atoms with E-state index in [1.54, 1.807) is 12.4 Å². The number of hydrogen-bond acceptors (Lipinski definition) is 8. The Hall–Kier alpha value is -2.62. The monoisotopic (exact) mass is 405 g/mol. The summed E-state index contributed by atoms with van der Waals surface area (Å²) in [7, 11) is 0. The minimum Gasteiger partial charge on any atom is -0.450 e. The maximum absolute atomic E-state index is 12.4. The zero-order valence-corrected chi connectivity index (χ0v) is 16.4. The molecule has 1 amide bonds. The number of cyclic esters (lactones) is 1. The van der Waals surface area contributed by atoms with E-state index in [4.69, 9.17) is 14.6 Å². The van der Waals surface area contributed by atoms with Crippen LogP contribution in [0.25, 0.3) is 0 Å². The van der Waals surface area contributed by atoms with Crippen molar-refractivity contribution in [3.63, 3.8) is 0 Å². The van der Waals surface area contributed by atoms with E-state index in [-0.39, 0.29) is 24.3 Å². The molecule has 3 fully saturated rings. The fourth-order valence-corrected chi connectivity index (χ4v) is 4.48. The molecule has 4 rings (SSSR count). The van der Waals surface area contributed by atoms with Gasteiger partial charge >= 0.3 is 12.2 Å². The van der Waals surface area contributed by atoms with Crippen LogP contribution >= 0.6 is 0 Å². The van der Waals surface area contributed by atoms with Crippen molar-refractivity contribution in [1.82, 2.24) is 20.0 Å². The van der Waals surface area contributed by atoms with Crippen LogP contribution in [-0.2, 0) is 9.47 Å². The molecule has 158 valence electrons. The summed E-state index contributed by atoms with van der Waals surface area (Å²) >= 11 is 0. The molecular formula is C19H27N5O5. The average molecular weight is 405 g/mol. The third kappa shape index (κ3) is 4.87. The van der Waals surface area contributed by atoms with Crippen LogP contribution in [0.5, 0.6) is 0 Å². The smallest absolute Gasteiger partial charge is 0.450 e. The van der Waals surface area contributed by atoms with Crippen molar-refractivity contribution in [2.45, 2.75) is 43.9 Å². The van der Waals surface area contributed by atoms with E-state index in [1.165, 1.54) is 0 Å². The van der Waals surface area contributed by atoms with Gasteiger partial charge in [-0.25, -0.2) is 9.59 Å². The highest BCUT2D eigenvalue weighted by atomic mass is 16.7. The largest absolute Gasteiger partial charge is 0.506 e. The highest BCUT2D eigenvalue weighted by molar-refractivity contribution is 5.70. The maximum Gasteiger partial charge on any atom is 0.506 e. The topological polar surface area (TPSA) is 108 Å². The van der Waals surface area contributed by atoms with Gasteiger partial charge in [0.15, 0.2) is 0 Å². The minimum atomic E-state index is -1.21. The van der Waals surface area contributed by atoms with E-state index in [0.29, 0.717) is 25.9 Å². The summed E-state index contributed by atoms with van der Waals surface area (Å²) < 4.78 is 10.5. The summed E-state index contributed by atoms with van der Waals surface area (Å²) in [5, 5.41) is 16.5. The number of anilines is 1. The molecule has 10 nitrogen and oxygen atoms in total. The van der Waals surface area contributed by atoms with Crippen molar-refractivity contribution in [3.05, 3.63) is 18.5 Å². The van der Waals surface area contributed by atoms with E-state index in [0.717, 1.165) is 44.7 Å². The number of aromatic nitrogens is 2. The highest BCUT2D eigenvalue weighted by Crippen LogP contribution is 2.26. The van der Waals surface area contributed by atoms with E-state index < -0.39 is 6.16 Å². The van der Waals surface area contributed by atoms with E-state index in [9.17, 15) is 9.59 Å². The van der Waals surface area contributed by atoms with Crippen molar-refractivity contribution in [2.24, 2.45) is 0 Å². The molecule has 3 saturated heterocycles. The number of carbonyl (C=O) groups is 2. The lowest BCUT2D eigenvalue weighted by molar-refractivity contribution is 0.0125. The van der Waals surface area contributed by atoms with Crippen LogP contribution in [0.15, 0.2) is 18.5 Å². The van der Waals surface area contributed by atoms with Gasteiger partial charge in [-0.3, -0.25) is 4.90 Å². The third-order valence-electron chi connectivity index (χ3n) is 6.01. The van der Waals surface area contributed by atoms with Gasteiger partial charge in [0.25, 0.3) is 0 Å². The number of likely N-dealkylation sites (tertiary alicyclic amines) is 1. The second-order valence-electron chi connectivity index (χ2n) is 7.86. The molecule has 10 heteroatoms. The molecule has 0 aromatic carbocycles. The first-order valence-corrected chi connectivity index (χ1v) is 10.2. The Morgan fingerprint density at radius 3 is 2.59 bits per heavy atom. The number of carboxylic acid groups (broad SMARTS) is 1. The van der Waals surface area contributed by atoms with E-state index in [2.05, 4.69) is 20.0 Å². The summed E-state index contributed by atoms with van der Waals surface area (Å²) in [6.07, 6.45) is 4.83. The molecule has 0 bridgehead atoms. The normalized spacial score (nSPS) is 24.6. The van der Waals surface area contributed by atoms with Crippen LogP contribution in [0.4, 0.5) is 15.3 Å². The summed E-state index contributed by atoms with van der Waals surface area (Å²) in [4.78, 5) is 29.4. The minimum absolute atomic E-state index is 0.137. The van der Waals surface area contributed by atoms with Gasteiger partial charge in [0.05, 0.1) is 24.6 Å². The van der Waals surface area contributed by atoms with Crippen LogP contribution in [-0.4, -0.2) is 94.9 Å². The average Bonchev–Trinajstić information content (AvgIpc) is 3.10. The summed E-state index contributed by atoms with van der Waals surface area (Å²) in [5.74, 6) is 0. The molecule has 0 saturated carbocycles. The summed E-state index contributed by atoms with van der Waals surface area (Å²) in [6, 6.07) is 2.16. The first-order valence-electron chi connectivity index (χ1n) is 10.2. The zero-order chi connectivity index (χ0) is 20.2. The Balaban J connectivity index is 1.22. The van der Waals surface area contributed by atoms with Gasteiger partial charge in [-0.2, -0.15) is 10.2 Å². The van der Waals surface area contributed by atoms with Crippen LogP contribution in [0.3, 0.4) is 0 Å². The van der Waals surface area contributed by atoms with Gasteiger partial charge in [0, 0.05) is 38.8 Å². The van der Waals surface area contributed by atoms with E-state index >= 15 is 0 Å². The first-order chi connectivity index (χ1) is 14.1. The molecule has 4 heterocycles. The lowest BCUT2D eigenvalue weighted by Crippen LogP contribution is -2.46. The molecule has 0 aliphatic carbocycles. The van der Waals surface area contributed by atoms with Crippen LogP contribution in [0, 0.1) is 0 Å². The van der Waals surface area contributed by atoms with Gasteiger partial charge in [0.1, 0.15) is 12.2 Å².